The Morgan fingerprint density at radius 1 is 1.07 bits per heavy atom. The highest BCUT2D eigenvalue weighted by Gasteiger charge is 2.25. The Morgan fingerprint density at radius 2 is 1.78 bits per heavy atom. The third-order valence-electron chi connectivity index (χ3n) is 4.29. The van der Waals surface area contributed by atoms with Gasteiger partial charge in [-0.15, -0.1) is 0 Å². The molecule has 1 aromatic heterocycles. The van der Waals surface area contributed by atoms with Gasteiger partial charge in [0.25, 0.3) is 5.56 Å². The van der Waals surface area contributed by atoms with Gasteiger partial charge in [0.1, 0.15) is 5.82 Å². The number of aromatic nitrogens is 2. The lowest BCUT2D eigenvalue weighted by atomic mass is 10.1. The van der Waals surface area contributed by atoms with Crippen LogP contribution in [0.5, 0.6) is 0 Å². The van der Waals surface area contributed by atoms with E-state index in [1.807, 2.05) is 31.2 Å². The Labute approximate surface area is 155 Å². The zero-order valence-corrected chi connectivity index (χ0v) is 14.9. The summed E-state index contributed by atoms with van der Waals surface area (Å²) in [5.41, 5.74) is 3.08. The van der Waals surface area contributed by atoms with E-state index in [9.17, 15) is 9.18 Å². The second-order valence-corrected chi connectivity index (χ2v) is 6.45. The van der Waals surface area contributed by atoms with Crippen molar-refractivity contribution >= 4 is 17.6 Å². The van der Waals surface area contributed by atoms with Crippen molar-refractivity contribution in [2.24, 2.45) is 4.99 Å². The van der Waals surface area contributed by atoms with Crippen molar-refractivity contribution in [3.8, 4) is 0 Å². The van der Waals surface area contributed by atoms with E-state index < -0.39 is 6.17 Å². The molecule has 2 aromatic carbocycles. The zero-order chi connectivity index (χ0) is 19.0. The van der Waals surface area contributed by atoms with Crippen LogP contribution < -0.4 is 16.2 Å². The molecule has 3 aromatic rings. The second-order valence-electron chi connectivity index (χ2n) is 6.45. The maximum Gasteiger partial charge on any atom is 0.257 e. The van der Waals surface area contributed by atoms with Gasteiger partial charge in [-0.1, -0.05) is 29.8 Å². The van der Waals surface area contributed by atoms with Gasteiger partial charge in [0, 0.05) is 17.4 Å². The topological polar surface area (TPSA) is 71.3 Å². The number of guanidine groups is 1. The number of hydrogen-bond acceptors (Lipinski definition) is 5. The number of fused-ring (bicyclic) bond motifs is 1. The van der Waals surface area contributed by atoms with Crippen LogP contribution in [0.15, 0.2) is 64.4 Å². The van der Waals surface area contributed by atoms with Crippen molar-refractivity contribution in [3.63, 3.8) is 0 Å². The fourth-order valence-corrected chi connectivity index (χ4v) is 2.94. The van der Waals surface area contributed by atoms with Gasteiger partial charge in [-0.2, -0.15) is 0 Å². The molecule has 4 rings (SSSR count). The molecule has 1 atom stereocenters. The maximum atomic E-state index is 13.3. The Balaban J connectivity index is 1.78. The highest BCUT2D eigenvalue weighted by Crippen LogP contribution is 2.26. The van der Waals surface area contributed by atoms with Crippen LogP contribution in [0.1, 0.15) is 23.0 Å². The van der Waals surface area contributed by atoms with Crippen molar-refractivity contribution in [2.45, 2.75) is 20.0 Å². The van der Waals surface area contributed by atoms with E-state index in [1.54, 1.807) is 19.1 Å². The van der Waals surface area contributed by atoms with E-state index in [0.717, 1.165) is 11.3 Å². The first-order valence-electron chi connectivity index (χ1n) is 8.54. The molecule has 2 N–H and O–H groups in total. The fraction of sp³-hybridized carbons (Fsp3) is 0.150. The highest BCUT2D eigenvalue weighted by atomic mass is 19.1. The van der Waals surface area contributed by atoms with Crippen LogP contribution in [0.4, 0.5) is 16.0 Å². The third kappa shape index (κ3) is 3.44. The molecule has 1 aliphatic heterocycles. The van der Waals surface area contributed by atoms with Gasteiger partial charge < -0.3 is 5.32 Å². The van der Waals surface area contributed by atoms with Gasteiger partial charge in [0.15, 0.2) is 6.17 Å². The lowest BCUT2D eigenvalue weighted by Gasteiger charge is -2.27. The first-order valence-corrected chi connectivity index (χ1v) is 8.54. The molecular formula is C20H18FN5O. The molecule has 0 saturated carbocycles. The van der Waals surface area contributed by atoms with Crippen molar-refractivity contribution in [1.29, 1.82) is 0 Å². The quantitative estimate of drug-likeness (QED) is 0.732. The van der Waals surface area contributed by atoms with Crippen molar-refractivity contribution in [3.05, 3.63) is 87.6 Å². The lowest BCUT2D eigenvalue weighted by molar-refractivity contribution is 0.573. The number of anilines is 2. The predicted octanol–water partition coefficient (Wildman–Crippen LogP) is 3.44. The summed E-state index contributed by atoms with van der Waals surface area (Å²) in [6.45, 7) is 3.77. The van der Waals surface area contributed by atoms with Crippen LogP contribution in [0.2, 0.25) is 0 Å². The number of halogens is 1. The van der Waals surface area contributed by atoms with Gasteiger partial charge in [0.05, 0.1) is 0 Å². The second kappa shape index (κ2) is 6.68. The van der Waals surface area contributed by atoms with Crippen LogP contribution in [0, 0.1) is 19.7 Å². The SMILES string of the molecule is Cc1ccc(NC2=N[C@H](c3ccc(F)cc3)n3c(nc(C)cc3=O)N2)cc1. The minimum atomic E-state index is -0.643. The molecule has 0 fully saturated rings. The summed E-state index contributed by atoms with van der Waals surface area (Å²) in [5, 5.41) is 6.28. The van der Waals surface area contributed by atoms with Crippen LogP contribution in [0.3, 0.4) is 0 Å². The minimum Gasteiger partial charge on any atom is -0.326 e. The standard InChI is InChI=1S/C20H18FN5O/c1-12-3-9-16(10-4-12)23-19-24-18(14-5-7-15(21)8-6-14)26-17(27)11-13(2)22-20(26)25-19/h3-11,18H,1-2H3,(H2,22,23,24,25)/t18-/m0/s1. The van der Waals surface area contributed by atoms with Crippen molar-refractivity contribution in [2.75, 3.05) is 10.6 Å². The zero-order valence-electron chi connectivity index (χ0n) is 14.9. The van der Waals surface area contributed by atoms with Crippen LogP contribution in [-0.2, 0) is 0 Å². The number of nitrogens with one attached hydrogen (secondary N) is 2. The smallest absolute Gasteiger partial charge is 0.257 e. The van der Waals surface area contributed by atoms with Gasteiger partial charge in [-0.05, 0) is 43.7 Å². The molecule has 136 valence electrons. The highest BCUT2D eigenvalue weighted by molar-refractivity contribution is 6.03. The van der Waals surface area contributed by atoms with Gasteiger partial charge in [-0.25, -0.2) is 14.4 Å². The van der Waals surface area contributed by atoms with Gasteiger partial charge >= 0.3 is 0 Å². The Hall–Kier alpha value is -3.48. The minimum absolute atomic E-state index is 0.225. The average Bonchev–Trinajstić information content (AvgIpc) is 2.63. The third-order valence-corrected chi connectivity index (χ3v) is 4.29. The number of nitrogens with zero attached hydrogens (tertiary/aromatic N) is 3. The summed E-state index contributed by atoms with van der Waals surface area (Å²) >= 11 is 0. The van der Waals surface area contributed by atoms with Crippen LogP contribution in [-0.4, -0.2) is 15.5 Å². The Kier molecular flexibility index (Phi) is 4.19. The number of hydrogen-bond donors (Lipinski definition) is 2. The van der Waals surface area contributed by atoms with Gasteiger partial charge in [-0.3, -0.25) is 14.7 Å². The molecule has 2 heterocycles. The molecule has 0 aliphatic carbocycles. The molecule has 6 nitrogen and oxygen atoms in total. The first-order chi connectivity index (χ1) is 13.0. The normalized spacial score (nSPS) is 15.5. The molecule has 7 heteroatoms. The average molecular weight is 363 g/mol. The van der Waals surface area contributed by atoms with E-state index in [-0.39, 0.29) is 11.4 Å². The summed E-state index contributed by atoms with van der Waals surface area (Å²) in [7, 11) is 0. The molecule has 0 radical (unpaired) electrons. The first kappa shape index (κ1) is 17.0. The summed E-state index contributed by atoms with van der Waals surface area (Å²) < 4.78 is 14.8. The van der Waals surface area contributed by atoms with E-state index in [4.69, 9.17) is 0 Å². The molecule has 27 heavy (non-hydrogen) atoms. The van der Waals surface area contributed by atoms with E-state index >= 15 is 0 Å². The fourth-order valence-electron chi connectivity index (χ4n) is 2.94. The molecule has 0 spiro atoms. The van der Waals surface area contributed by atoms with Crippen molar-refractivity contribution in [1.82, 2.24) is 9.55 Å². The van der Waals surface area contributed by atoms with Crippen molar-refractivity contribution < 1.29 is 4.39 Å². The molecule has 0 bridgehead atoms. The lowest BCUT2D eigenvalue weighted by Crippen LogP contribution is -2.37. The van der Waals surface area contributed by atoms with Crippen LogP contribution >= 0.6 is 0 Å². The number of benzene rings is 2. The predicted molar refractivity (Wildman–Crippen MR) is 104 cm³/mol. The molecule has 0 unspecified atom stereocenters. The largest absolute Gasteiger partial charge is 0.326 e. The van der Waals surface area contributed by atoms with E-state index in [2.05, 4.69) is 20.6 Å². The summed E-state index contributed by atoms with van der Waals surface area (Å²) in [6.07, 6.45) is -0.643. The molecular weight excluding hydrogens is 345 g/mol. The van der Waals surface area contributed by atoms with E-state index in [1.165, 1.54) is 22.8 Å². The number of rotatable bonds is 2. The Morgan fingerprint density at radius 3 is 2.48 bits per heavy atom. The maximum absolute atomic E-state index is 13.3. The molecule has 1 aliphatic rings. The number of aryl methyl sites for hydroxylation is 2. The van der Waals surface area contributed by atoms with E-state index in [0.29, 0.717) is 23.2 Å². The number of aliphatic imine (C=N–C) groups is 1. The summed E-state index contributed by atoms with van der Waals surface area (Å²) in [5.74, 6) is 0.508. The summed E-state index contributed by atoms with van der Waals surface area (Å²) in [6, 6.07) is 15.3. The molecule has 0 amide bonds. The summed E-state index contributed by atoms with van der Waals surface area (Å²) in [4.78, 5) is 21.6. The van der Waals surface area contributed by atoms with Gasteiger partial charge in [0.2, 0.25) is 11.9 Å². The molecule has 0 saturated heterocycles. The monoisotopic (exact) mass is 363 g/mol. The Bertz CT molecular complexity index is 1070. The van der Waals surface area contributed by atoms with Crippen LogP contribution in [0.25, 0.3) is 0 Å².